The van der Waals surface area contributed by atoms with Gasteiger partial charge < -0.3 is 10.8 Å². The lowest BCUT2D eigenvalue weighted by atomic mass is 10.1. The summed E-state index contributed by atoms with van der Waals surface area (Å²) in [5, 5.41) is 9.47. The van der Waals surface area contributed by atoms with Gasteiger partial charge in [0.15, 0.2) is 0 Å². The van der Waals surface area contributed by atoms with E-state index >= 15 is 0 Å². The fourth-order valence-electron chi connectivity index (χ4n) is 1.65. The molecule has 14 heavy (non-hydrogen) atoms. The highest BCUT2D eigenvalue weighted by atomic mass is 35.5. The second-order valence-electron chi connectivity index (χ2n) is 3.66. The van der Waals surface area contributed by atoms with Crippen LogP contribution in [0.3, 0.4) is 0 Å². The number of hydrogen-bond donors (Lipinski definition) is 2. The molecule has 1 aromatic carbocycles. The molecule has 74 valence electrons. The van der Waals surface area contributed by atoms with Gasteiger partial charge in [-0.3, -0.25) is 4.79 Å². The van der Waals surface area contributed by atoms with Crippen LogP contribution in [0.25, 0.3) is 0 Å². The van der Waals surface area contributed by atoms with Crippen molar-refractivity contribution in [2.45, 2.75) is 17.9 Å². The maximum absolute atomic E-state index is 10.8. The molecule has 2 atom stereocenters. The lowest BCUT2D eigenvalue weighted by molar-refractivity contribution is -0.139. The number of halogens is 1. The average Bonchev–Trinajstić information content (AvgIpc) is 2.80. The molecule has 0 radical (unpaired) electrons. The first-order chi connectivity index (χ1) is 6.54. The number of carbonyl (C=O) groups is 1. The first-order valence-electron chi connectivity index (χ1n) is 4.32. The molecule has 0 bridgehead atoms. The van der Waals surface area contributed by atoms with E-state index in [4.69, 9.17) is 22.4 Å². The number of hydrogen-bond acceptors (Lipinski definition) is 2. The minimum Gasteiger partial charge on any atom is -0.480 e. The van der Waals surface area contributed by atoms with Gasteiger partial charge in [-0.15, -0.1) is 0 Å². The zero-order chi connectivity index (χ0) is 10.3. The first-order valence-corrected chi connectivity index (χ1v) is 4.69. The lowest BCUT2D eigenvalue weighted by Gasteiger charge is -2.05. The maximum Gasteiger partial charge on any atom is 0.324 e. The van der Waals surface area contributed by atoms with Crippen LogP contribution in [0, 0.1) is 0 Å². The molecular formula is C10H10ClNO2. The van der Waals surface area contributed by atoms with Gasteiger partial charge in [-0.2, -0.15) is 0 Å². The number of benzene rings is 1. The second-order valence-corrected chi connectivity index (χ2v) is 4.09. The van der Waals surface area contributed by atoms with Crippen molar-refractivity contribution in [1.82, 2.24) is 0 Å². The quantitative estimate of drug-likeness (QED) is 0.781. The monoisotopic (exact) mass is 211 g/mol. The summed E-state index contributed by atoms with van der Waals surface area (Å²) in [6, 6.07) is 7.18. The Hall–Kier alpha value is -1.06. The molecule has 3 N–H and O–H groups in total. The molecule has 0 aliphatic heterocycles. The Kier molecular flexibility index (Phi) is 2.01. The van der Waals surface area contributed by atoms with Crippen LogP contribution in [0.2, 0.25) is 5.02 Å². The zero-order valence-electron chi connectivity index (χ0n) is 7.40. The highest BCUT2D eigenvalue weighted by Crippen LogP contribution is 2.49. The van der Waals surface area contributed by atoms with Gasteiger partial charge in [-0.1, -0.05) is 23.7 Å². The molecule has 0 amide bonds. The van der Waals surface area contributed by atoms with Crippen molar-refractivity contribution in [3.63, 3.8) is 0 Å². The smallest absolute Gasteiger partial charge is 0.324 e. The van der Waals surface area contributed by atoms with Crippen LogP contribution < -0.4 is 5.73 Å². The summed E-state index contributed by atoms with van der Waals surface area (Å²) in [5.41, 5.74) is 5.50. The summed E-state index contributed by atoms with van der Waals surface area (Å²) in [4.78, 5) is 10.8. The van der Waals surface area contributed by atoms with E-state index in [0.29, 0.717) is 11.4 Å². The summed E-state index contributed by atoms with van der Waals surface area (Å²) in [5.74, 6) is -1.04. The summed E-state index contributed by atoms with van der Waals surface area (Å²) in [6.45, 7) is 0. The van der Waals surface area contributed by atoms with E-state index in [1.165, 1.54) is 0 Å². The molecule has 0 heterocycles. The minimum atomic E-state index is -1.08. The van der Waals surface area contributed by atoms with E-state index in [-0.39, 0.29) is 5.92 Å². The van der Waals surface area contributed by atoms with Gasteiger partial charge >= 0.3 is 5.97 Å². The van der Waals surface area contributed by atoms with Gasteiger partial charge in [0.25, 0.3) is 0 Å². The molecule has 1 aliphatic carbocycles. The predicted molar refractivity (Wildman–Crippen MR) is 53.4 cm³/mol. The van der Waals surface area contributed by atoms with Gasteiger partial charge in [0.2, 0.25) is 0 Å². The molecule has 4 heteroatoms. The van der Waals surface area contributed by atoms with Gasteiger partial charge in [0.05, 0.1) is 0 Å². The van der Waals surface area contributed by atoms with Crippen LogP contribution in [0.4, 0.5) is 0 Å². The molecule has 3 nitrogen and oxygen atoms in total. The summed E-state index contributed by atoms with van der Waals surface area (Å²) >= 11 is 5.80. The van der Waals surface area contributed by atoms with Crippen molar-refractivity contribution < 1.29 is 9.90 Å². The third kappa shape index (κ3) is 1.38. The van der Waals surface area contributed by atoms with Crippen LogP contribution in [0.5, 0.6) is 0 Å². The molecule has 1 aromatic rings. The van der Waals surface area contributed by atoms with E-state index in [1.807, 2.05) is 6.07 Å². The molecule has 0 aromatic heterocycles. The van der Waals surface area contributed by atoms with Crippen molar-refractivity contribution in [1.29, 1.82) is 0 Å². The van der Waals surface area contributed by atoms with E-state index in [9.17, 15) is 4.79 Å². The number of nitrogens with two attached hydrogens (primary N) is 1. The third-order valence-corrected chi connectivity index (χ3v) is 2.89. The molecule has 1 aliphatic rings. The Morgan fingerprint density at radius 2 is 2.36 bits per heavy atom. The molecular weight excluding hydrogens is 202 g/mol. The van der Waals surface area contributed by atoms with E-state index in [0.717, 1.165) is 5.56 Å². The Morgan fingerprint density at radius 1 is 1.64 bits per heavy atom. The SMILES string of the molecule is N[C@@]1(C(=O)O)C[C@H]1c1cccc(Cl)c1. The number of carboxylic acid groups (broad SMARTS) is 1. The van der Waals surface area contributed by atoms with E-state index in [2.05, 4.69) is 0 Å². The molecule has 1 saturated carbocycles. The Morgan fingerprint density at radius 3 is 2.86 bits per heavy atom. The largest absolute Gasteiger partial charge is 0.480 e. The number of rotatable bonds is 2. The molecule has 0 spiro atoms. The minimum absolute atomic E-state index is 0.0984. The van der Waals surface area contributed by atoms with Crippen molar-refractivity contribution >= 4 is 17.6 Å². The molecule has 0 saturated heterocycles. The summed E-state index contributed by atoms with van der Waals surface area (Å²) < 4.78 is 0. The Bertz CT molecular complexity index is 393. The number of carboxylic acids is 1. The molecule has 1 fully saturated rings. The fourth-order valence-corrected chi connectivity index (χ4v) is 1.85. The summed E-state index contributed by atoms with van der Waals surface area (Å²) in [6.07, 6.45) is 0.489. The highest BCUT2D eigenvalue weighted by Gasteiger charge is 2.58. The van der Waals surface area contributed by atoms with Crippen LogP contribution in [0.1, 0.15) is 17.9 Å². The highest BCUT2D eigenvalue weighted by molar-refractivity contribution is 6.30. The van der Waals surface area contributed by atoms with Crippen molar-refractivity contribution in [3.8, 4) is 0 Å². The van der Waals surface area contributed by atoms with Crippen LogP contribution in [0.15, 0.2) is 24.3 Å². The number of aliphatic carboxylic acids is 1. The Labute approximate surface area is 86.5 Å². The van der Waals surface area contributed by atoms with Crippen molar-refractivity contribution in [2.24, 2.45) is 5.73 Å². The van der Waals surface area contributed by atoms with Crippen molar-refractivity contribution in [3.05, 3.63) is 34.9 Å². The normalized spacial score (nSPS) is 30.0. The van der Waals surface area contributed by atoms with Gasteiger partial charge in [-0.25, -0.2) is 0 Å². The van der Waals surface area contributed by atoms with Crippen LogP contribution in [-0.2, 0) is 4.79 Å². The van der Waals surface area contributed by atoms with Crippen molar-refractivity contribution in [2.75, 3.05) is 0 Å². The molecule has 0 unspecified atom stereocenters. The van der Waals surface area contributed by atoms with Gasteiger partial charge in [-0.05, 0) is 24.1 Å². The van der Waals surface area contributed by atoms with Crippen LogP contribution in [-0.4, -0.2) is 16.6 Å². The first kappa shape index (κ1) is 9.49. The standard InChI is InChI=1S/C10H10ClNO2/c11-7-3-1-2-6(4-7)8-5-10(8,12)9(13)14/h1-4,8H,5,12H2,(H,13,14)/t8-,10-/m0/s1. The molecule has 2 rings (SSSR count). The van der Waals surface area contributed by atoms with Gasteiger partial charge in [0, 0.05) is 10.9 Å². The van der Waals surface area contributed by atoms with Crippen LogP contribution >= 0.6 is 11.6 Å². The topological polar surface area (TPSA) is 63.3 Å². The second kappa shape index (κ2) is 2.97. The maximum atomic E-state index is 10.8. The summed E-state index contributed by atoms with van der Waals surface area (Å²) in [7, 11) is 0. The fraction of sp³-hybridized carbons (Fsp3) is 0.300. The van der Waals surface area contributed by atoms with Gasteiger partial charge in [0.1, 0.15) is 5.54 Å². The van der Waals surface area contributed by atoms with E-state index < -0.39 is 11.5 Å². The van der Waals surface area contributed by atoms with E-state index in [1.54, 1.807) is 18.2 Å². The predicted octanol–water partition coefficient (Wildman–Crippen LogP) is 1.61. The zero-order valence-corrected chi connectivity index (χ0v) is 8.16. The Balaban J connectivity index is 2.25. The third-order valence-electron chi connectivity index (χ3n) is 2.65. The average molecular weight is 212 g/mol. The lowest BCUT2D eigenvalue weighted by Crippen LogP contribution is -2.34.